The second-order valence-electron chi connectivity index (χ2n) is 9.23. The maximum atomic E-state index is 6.34. The van der Waals surface area contributed by atoms with Crippen LogP contribution < -0.4 is 9.47 Å². The van der Waals surface area contributed by atoms with E-state index in [1.807, 2.05) is 12.1 Å². The molecule has 0 aromatic heterocycles. The minimum absolute atomic E-state index is 0.727. The molecule has 0 aliphatic heterocycles. The van der Waals surface area contributed by atoms with Crippen LogP contribution in [0.25, 0.3) is 24.3 Å². The van der Waals surface area contributed by atoms with Crippen LogP contribution in [-0.4, -0.2) is 13.2 Å². The Morgan fingerprint density at radius 3 is 1.31 bits per heavy atom. The van der Waals surface area contributed by atoms with Crippen LogP contribution in [0, 0.1) is 0 Å². The lowest BCUT2D eigenvalue weighted by atomic mass is 10.0. The van der Waals surface area contributed by atoms with Crippen LogP contribution in [0.15, 0.2) is 72.8 Å². The lowest BCUT2D eigenvalue weighted by Gasteiger charge is -2.15. The largest absolute Gasteiger partial charge is 0.493 e. The molecule has 0 unspecified atom stereocenters. The third-order valence-electron chi connectivity index (χ3n) is 6.16. The second kappa shape index (κ2) is 16.4. The van der Waals surface area contributed by atoms with Crippen LogP contribution >= 0.6 is 0 Å². The maximum Gasteiger partial charge on any atom is 0.127 e. The van der Waals surface area contributed by atoms with E-state index in [-0.39, 0.29) is 0 Å². The number of rotatable bonds is 16. The molecule has 0 atom stereocenters. The highest BCUT2D eigenvalue weighted by molar-refractivity contribution is 5.78. The summed E-state index contributed by atoms with van der Waals surface area (Å²) in [6.07, 6.45) is 18.1. The Labute approximate surface area is 218 Å². The van der Waals surface area contributed by atoms with Gasteiger partial charge >= 0.3 is 0 Å². The highest BCUT2D eigenvalue weighted by Crippen LogP contribution is 2.33. The van der Waals surface area contributed by atoms with E-state index in [2.05, 4.69) is 98.8 Å². The van der Waals surface area contributed by atoms with Gasteiger partial charge in [-0.1, -0.05) is 137 Å². The first kappa shape index (κ1) is 27.3. The Hall–Kier alpha value is -3.26. The molecule has 2 heteroatoms. The molecule has 0 radical (unpaired) electrons. The van der Waals surface area contributed by atoms with Crippen molar-refractivity contribution in [3.63, 3.8) is 0 Å². The van der Waals surface area contributed by atoms with Crippen molar-refractivity contribution < 1.29 is 9.47 Å². The molecule has 2 nitrogen and oxygen atoms in total. The lowest BCUT2D eigenvalue weighted by molar-refractivity contribution is 0.296. The van der Waals surface area contributed by atoms with E-state index in [9.17, 15) is 0 Å². The Bertz CT molecular complexity index is 964. The molecular formula is C34H42O2. The third-order valence-corrected chi connectivity index (χ3v) is 6.16. The van der Waals surface area contributed by atoms with Gasteiger partial charge in [-0.2, -0.15) is 0 Å². The molecule has 190 valence electrons. The minimum atomic E-state index is 0.727. The van der Waals surface area contributed by atoms with E-state index in [1.54, 1.807) is 0 Å². The van der Waals surface area contributed by atoms with Crippen molar-refractivity contribution in [2.75, 3.05) is 13.2 Å². The molecule has 0 spiro atoms. The highest BCUT2D eigenvalue weighted by atomic mass is 16.5. The first-order chi connectivity index (χ1) is 17.8. The summed E-state index contributed by atoms with van der Waals surface area (Å²) in [5.74, 6) is 1.81. The predicted molar refractivity (Wildman–Crippen MR) is 156 cm³/mol. The topological polar surface area (TPSA) is 18.5 Å². The summed E-state index contributed by atoms with van der Waals surface area (Å²) in [4.78, 5) is 0. The minimum Gasteiger partial charge on any atom is -0.493 e. The monoisotopic (exact) mass is 482 g/mol. The smallest absolute Gasteiger partial charge is 0.127 e. The fourth-order valence-electron chi connectivity index (χ4n) is 4.02. The molecule has 0 saturated heterocycles. The average Bonchev–Trinajstić information content (AvgIpc) is 2.92. The van der Waals surface area contributed by atoms with Crippen molar-refractivity contribution in [3.05, 3.63) is 95.1 Å². The Morgan fingerprint density at radius 1 is 0.500 bits per heavy atom. The van der Waals surface area contributed by atoms with Gasteiger partial charge in [0, 0.05) is 11.1 Å². The van der Waals surface area contributed by atoms with Gasteiger partial charge in [0.1, 0.15) is 11.5 Å². The molecule has 0 aliphatic carbocycles. The van der Waals surface area contributed by atoms with Gasteiger partial charge in [0.25, 0.3) is 0 Å². The van der Waals surface area contributed by atoms with E-state index in [1.165, 1.54) is 49.7 Å². The van der Waals surface area contributed by atoms with Crippen LogP contribution in [0.3, 0.4) is 0 Å². The average molecular weight is 483 g/mol. The summed E-state index contributed by atoms with van der Waals surface area (Å²) in [5.41, 5.74) is 4.44. The Kier molecular flexibility index (Phi) is 12.5. The molecule has 0 aliphatic rings. The summed E-state index contributed by atoms with van der Waals surface area (Å²) in [7, 11) is 0. The predicted octanol–water partition coefficient (Wildman–Crippen LogP) is 9.95. The second-order valence-corrected chi connectivity index (χ2v) is 9.23. The fourth-order valence-corrected chi connectivity index (χ4v) is 4.02. The molecule has 0 fully saturated rings. The number of ether oxygens (including phenoxy) is 2. The molecule has 0 amide bonds. The van der Waals surface area contributed by atoms with Gasteiger partial charge in [-0.05, 0) is 36.1 Å². The zero-order valence-electron chi connectivity index (χ0n) is 22.1. The summed E-state index contributed by atoms with van der Waals surface area (Å²) in [6.45, 7) is 5.93. The first-order valence-corrected chi connectivity index (χ1v) is 13.7. The molecule has 0 bridgehead atoms. The third kappa shape index (κ3) is 9.77. The number of benzene rings is 3. The lowest BCUT2D eigenvalue weighted by Crippen LogP contribution is -2.03. The van der Waals surface area contributed by atoms with Crippen LogP contribution in [0.5, 0.6) is 11.5 Å². The zero-order valence-corrected chi connectivity index (χ0v) is 22.1. The van der Waals surface area contributed by atoms with Gasteiger partial charge in [-0.15, -0.1) is 0 Å². The van der Waals surface area contributed by atoms with Crippen LogP contribution in [0.1, 0.15) is 87.5 Å². The van der Waals surface area contributed by atoms with Crippen molar-refractivity contribution in [1.29, 1.82) is 0 Å². The number of unbranched alkanes of at least 4 members (excludes halogenated alkanes) is 6. The molecule has 0 saturated carbocycles. The quantitative estimate of drug-likeness (QED) is 0.149. The van der Waals surface area contributed by atoms with E-state index < -0.39 is 0 Å². The summed E-state index contributed by atoms with van der Waals surface area (Å²) in [5, 5.41) is 0. The van der Waals surface area contributed by atoms with Crippen molar-refractivity contribution in [2.24, 2.45) is 0 Å². The fraction of sp³-hybridized carbons (Fsp3) is 0.353. The Balaban J connectivity index is 1.89. The van der Waals surface area contributed by atoms with Crippen molar-refractivity contribution in [1.82, 2.24) is 0 Å². The Morgan fingerprint density at radius 2 is 0.917 bits per heavy atom. The SMILES string of the molecule is CCCCCCOc1cc(/C=C/c2ccccc2)c(OCCCCCC)cc1/C=C/c1ccccc1. The summed E-state index contributed by atoms with van der Waals surface area (Å²) in [6, 6.07) is 25.1. The molecule has 3 aromatic carbocycles. The van der Waals surface area contributed by atoms with Crippen molar-refractivity contribution in [2.45, 2.75) is 65.2 Å². The van der Waals surface area contributed by atoms with Crippen molar-refractivity contribution >= 4 is 24.3 Å². The van der Waals surface area contributed by atoms with E-state index >= 15 is 0 Å². The van der Waals surface area contributed by atoms with Gasteiger partial charge in [-0.25, -0.2) is 0 Å². The standard InChI is InChI=1S/C34H42O2/c1-3-5-7-15-25-35-33-27-32(24-22-30-19-13-10-14-20-30)34(36-26-16-8-6-4-2)28-31(33)23-21-29-17-11-9-12-18-29/h9-14,17-24,27-28H,3-8,15-16,25-26H2,1-2H3/b23-21+,24-22+. The summed E-state index contributed by atoms with van der Waals surface area (Å²) >= 11 is 0. The molecule has 0 N–H and O–H groups in total. The molecule has 36 heavy (non-hydrogen) atoms. The van der Waals surface area contributed by atoms with Gasteiger partial charge < -0.3 is 9.47 Å². The van der Waals surface area contributed by atoms with E-state index in [0.29, 0.717) is 0 Å². The maximum absolute atomic E-state index is 6.34. The van der Waals surface area contributed by atoms with Gasteiger partial charge in [0.2, 0.25) is 0 Å². The van der Waals surface area contributed by atoms with Gasteiger partial charge in [-0.3, -0.25) is 0 Å². The molecular weight excluding hydrogens is 440 g/mol. The van der Waals surface area contributed by atoms with Crippen molar-refractivity contribution in [3.8, 4) is 11.5 Å². The molecule has 3 aromatic rings. The number of hydrogen-bond donors (Lipinski definition) is 0. The summed E-state index contributed by atoms with van der Waals surface area (Å²) < 4.78 is 12.7. The normalized spacial score (nSPS) is 11.4. The van der Waals surface area contributed by atoms with Crippen LogP contribution in [-0.2, 0) is 0 Å². The van der Waals surface area contributed by atoms with Gasteiger partial charge in [0.15, 0.2) is 0 Å². The first-order valence-electron chi connectivity index (χ1n) is 13.7. The molecule has 3 rings (SSSR count). The van der Waals surface area contributed by atoms with Crippen LogP contribution in [0.4, 0.5) is 0 Å². The molecule has 0 heterocycles. The van der Waals surface area contributed by atoms with E-state index in [0.717, 1.165) is 48.7 Å². The highest BCUT2D eigenvalue weighted by Gasteiger charge is 2.10. The van der Waals surface area contributed by atoms with Crippen LogP contribution in [0.2, 0.25) is 0 Å². The number of hydrogen-bond acceptors (Lipinski definition) is 2. The zero-order chi connectivity index (χ0) is 25.3. The van der Waals surface area contributed by atoms with E-state index in [4.69, 9.17) is 9.47 Å². The van der Waals surface area contributed by atoms with Gasteiger partial charge in [0.05, 0.1) is 13.2 Å².